The number of halogens is 2. The quantitative estimate of drug-likeness (QED) is 0.484. The van der Waals surface area contributed by atoms with Crippen LogP contribution in [0.5, 0.6) is 0 Å². The molecule has 0 N–H and O–H groups in total. The summed E-state index contributed by atoms with van der Waals surface area (Å²) in [4.78, 5) is 17.8. The van der Waals surface area contributed by atoms with Gasteiger partial charge < -0.3 is 19.8 Å². The van der Waals surface area contributed by atoms with E-state index >= 15 is 0 Å². The largest absolute Gasteiger partial charge is 2.00 e. The van der Waals surface area contributed by atoms with E-state index in [0.29, 0.717) is 0 Å². The molecule has 4 nitrogen and oxygen atoms in total. The van der Waals surface area contributed by atoms with Crippen LogP contribution in [0.25, 0.3) is 0 Å². The topological polar surface area (TPSA) is 80.3 Å². The van der Waals surface area contributed by atoms with Crippen molar-refractivity contribution >= 4 is 57.4 Å². The molecule has 0 heterocycles. The van der Waals surface area contributed by atoms with Gasteiger partial charge >= 0.3 is 45.5 Å². The third-order valence-corrected chi connectivity index (χ3v) is 0.218. The fraction of sp³-hybridized carbons (Fsp3) is 0.500. The predicted molar refractivity (Wildman–Crippen MR) is 27.7 cm³/mol. The first kappa shape index (κ1) is 17.4. The van der Waals surface area contributed by atoms with Gasteiger partial charge in [0.25, 0.3) is 0 Å². The molecule has 0 atom stereocenters. The fourth-order valence-electron chi connectivity index (χ4n) is 0. The predicted octanol–water partition coefficient (Wildman–Crippen LogP) is -2.97. The minimum absolute atomic E-state index is 0. The number of carboxylic acid groups (broad SMARTS) is 2. The summed E-state index contributed by atoms with van der Waals surface area (Å²) in [5.41, 5.74) is 0. The normalized spacial score (nSPS) is 6.73. The molecule has 0 amide bonds. The second kappa shape index (κ2) is 12.9. The van der Waals surface area contributed by atoms with Crippen molar-refractivity contribution in [2.45, 2.75) is 0 Å². The summed E-state index contributed by atoms with van der Waals surface area (Å²) in [6.45, 7) is -2.78. The second-order valence-electron chi connectivity index (χ2n) is 1.01. The van der Waals surface area contributed by atoms with Crippen LogP contribution in [-0.2, 0) is 9.59 Å². The van der Waals surface area contributed by atoms with E-state index in [1.54, 1.807) is 0 Å². The van der Waals surface area contributed by atoms with E-state index in [1.807, 2.05) is 0 Å². The maximum atomic E-state index is 10.5. The summed E-state index contributed by atoms with van der Waals surface area (Å²) < 4.78 is 20.9. The fourth-order valence-corrected chi connectivity index (χ4v) is 0. The number of rotatable bonds is 2. The monoisotopic (exact) mass is 242 g/mol. The van der Waals surface area contributed by atoms with Crippen LogP contribution in [0, 0.1) is 0 Å². The maximum Gasteiger partial charge on any atom is 2.00 e. The van der Waals surface area contributed by atoms with Crippen LogP contribution in [0.4, 0.5) is 8.78 Å². The van der Waals surface area contributed by atoms with Crippen LogP contribution in [0.1, 0.15) is 0 Å². The number of carbonyl (C=O) groups is 2. The Hall–Kier alpha value is 0.281. The zero-order valence-electron chi connectivity index (χ0n) is 5.51. The van der Waals surface area contributed by atoms with Crippen LogP contribution < -0.4 is 10.2 Å². The van der Waals surface area contributed by atoms with E-state index in [4.69, 9.17) is 19.8 Å². The van der Waals surface area contributed by atoms with Gasteiger partial charge in [0.1, 0.15) is 13.3 Å². The van der Waals surface area contributed by atoms with Crippen molar-refractivity contribution in [3.05, 3.63) is 0 Å². The first-order valence-corrected chi connectivity index (χ1v) is 2.06. The number of carbonyl (C=O) groups excluding carboxylic acids is 2. The van der Waals surface area contributed by atoms with Crippen molar-refractivity contribution in [3.63, 3.8) is 0 Å². The third kappa shape index (κ3) is 38.5. The van der Waals surface area contributed by atoms with E-state index in [9.17, 15) is 8.78 Å². The molecule has 0 aliphatic rings. The van der Waals surface area contributed by atoms with Crippen LogP contribution in [0.15, 0.2) is 0 Å². The zero-order chi connectivity index (χ0) is 8.57. The van der Waals surface area contributed by atoms with Crippen molar-refractivity contribution < 1.29 is 28.6 Å². The molecule has 0 aromatic carbocycles. The minimum Gasteiger partial charge on any atom is -0.547 e. The zero-order valence-corrected chi connectivity index (χ0v) is 8.99. The molecule has 0 aliphatic heterocycles. The Bertz CT molecular complexity index is 105. The summed E-state index contributed by atoms with van der Waals surface area (Å²) in [7, 11) is 0. The molecular weight excluding hydrogens is 238 g/mol. The Labute approximate surface area is 98.5 Å². The van der Waals surface area contributed by atoms with Crippen molar-refractivity contribution in [3.8, 4) is 0 Å². The Morgan fingerprint density at radius 1 is 1.00 bits per heavy atom. The third-order valence-electron chi connectivity index (χ3n) is 0.218. The standard InChI is InChI=1S/2C2H3FO2.Sr/c2*3-1-2(4)5;/h2*1H2,(H,4,5);/q;;+2/p-2. The molecule has 0 rings (SSSR count). The molecule has 0 saturated heterocycles. The van der Waals surface area contributed by atoms with Gasteiger partial charge in [-0.15, -0.1) is 0 Å². The first-order chi connectivity index (χ1) is 4.54. The summed E-state index contributed by atoms with van der Waals surface area (Å²) in [5.74, 6) is -3.32. The SMILES string of the molecule is O=C([O-])CF.O=C([O-])CF.[Sr+2]. The Morgan fingerprint density at radius 2 is 1.09 bits per heavy atom. The van der Waals surface area contributed by atoms with Crippen LogP contribution >= 0.6 is 0 Å². The van der Waals surface area contributed by atoms with Crippen molar-refractivity contribution in [1.82, 2.24) is 0 Å². The van der Waals surface area contributed by atoms with Gasteiger partial charge in [-0.05, 0) is 0 Å². The molecule has 0 radical (unpaired) electrons. The van der Waals surface area contributed by atoms with Gasteiger partial charge in [-0.1, -0.05) is 0 Å². The molecule has 60 valence electrons. The second-order valence-corrected chi connectivity index (χ2v) is 1.01. The molecule has 0 aliphatic carbocycles. The molecule has 0 fully saturated rings. The molecule has 0 spiro atoms. The molecule has 0 bridgehead atoms. The molecule has 0 aromatic heterocycles. The van der Waals surface area contributed by atoms with E-state index in [1.165, 1.54) is 0 Å². The van der Waals surface area contributed by atoms with Gasteiger partial charge in [0.15, 0.2) is 0 Å². The van der Waals surface area contributed by atoms with Gasteiger partial charge in [0.2, 0.25) is 0 Å². The van der Waals surface area contributed by atoms with Gasteiger partial charge in [0, 0.05) is 0 Å². The maximum absolute atomic E-state index is 10.5. The number of alkyl halides is 2. The van der Waals surface area contributed by atoms with Crippen molar-refractivity contribution in [2.75, 3.05) is 13.3 Å². The van der Waals surface area contributed by atoms with Crippen molar-refractivity contribution in [2.24, 2.45) is 0 Å². The van der Waals surface area contributed by atoms with Crippen molar-refractivity contribution in [1.29, 1.82) is 0 Å². The average Bonchev–Trinajstić information content (AvgIpc) is 1.89. The molecule has 7 heteroatoms. The summed E-state index contributed by atoms with van der Waals surface area (Å²) in [5, 5.41) is 17.8. The number of carboxylic acids is 2. The molecular formula is C4H4F2O4Sr. The summed E-state index contributed by atoms with van der Waals surface area (Å²) in [6, 6.07) is 0. The Kier molecular flexibility index (Phi) is 20.4. The van der Waals surface area contributed by atoms with Gasteiger partial charge in [-0.2, -0.15) is 0 Å². The number of hydrogen-bond acceptors (Lipinski definition) is 4. The van der Waals surface area contributed by atoms with Gasteiger partial charge in [-0.25, -0.2) is 8.78 Å². The average molecular weight is 242 g/mol. The van der Waals surface area contributed by atoms with Crippen LogP contribution in [-0.4, -0.2) is 70.8 Å². The number of hydrogen-bond donors (Lipinski definition) is 0. The smallest absolute Gasteiger partial charge is 0.547 e. The first-order valence-electron chi connectivity index (χ1n) is 2.06. The van der Waals surface area contributed by atoms with Gasteiger partial charge in [-0.3, -0.25) is 0 Å². The van der Waals surface area contributed by atoms with Gasteiger partial charge in [0.05, 0.1) is 11.9 Å². The van der Waals surface area contributed by atoms with E-state index in [-0.39, 0.29) is 45.5 Å². The molecule has 0 aromatic rings. The summed E-state index contributed by atoms with van der Waals surface area (Å²) in [6.07, 6.45) is 0. The Balaban J connectivity index is -0.000000107. The molecule has 11 heavy (non-hydrogen) atoms. The minimum atomic E-state index is -1.66. The van der Waals surface area contributed by atoms with E-state index < -0.39 is 25.3 Å². The Morgan fingerprint density at radius 3 is 1.09 bits per heavy atom. The molecule has 0 saturated carbocycles. The molecule has 0 unspecified atom stereocenters. The van der Waals surface area contributed by atoms with Crippen LogP contribution in [0.2, 0.25) is 0 Å². The van der Waals surface area contributed by atoms with E-state index in [0.717, 1.165) is 0 Å². The summed E-state index contributed by atoms with van der Waals surface area (Å²) >= 11 is 0. The van der Waals surface area contributed by atoms with E-state index in [2.05, 4.69) is 0 Å². The van der Waals surface area contributed by atoms with Crippen LogP contribution in [0.3, 0.4) is 0 Å². The number of aliphatic carboxylic acids is 2.